The number of hydrogen-bond acceptors (Lipinski definition) is 2. The molecule has 0 aliphatic heterocycles. The predicted molar refractivity (Wildman–Crippen MR) is 49.1 cm³/mol. The molecule has 1 aromatic rings. The van der Waals surface area contributed by atoms with Gasteiger partial charge < -0.3 is 4.42 Å². The van der Waals surface area contributed by atoms with Crippen molar-refractivity contribution in [3.8, 4) is 0 Å². The highest BCUT2D eigenvalue weighted by molar-refractivity contribution is 4.94. The Labute approximate surface area is 74.0 Å². The van der Waals surface area contributed by atoms with Gasteiger partial charge in [-0.05, 0) is 12.8 Å². The van der Waals surface area contributed by atoms with Gasteiger partial charge in [0, 0.05) is 6.92 Å². The summed E-state index contributed by atoms with van der Waals surface area (Å²) in [5.41, 5.74) is 1.10. The van der Waals surface area contributed by atoms with Crippen LogP contribution >= 0.6 is 0 Å². The number of rotatable bonds is 5. The van der Waals surface area contributed by atoms with Crippen LogP contribution in [0.3, 0.4) is 0 Å². The first kappa shape index (κ1) is 9.30. The third kappa shape index (κ3) is 3.07. The minimum Gasteiger partial charge on any atom is -0.449 e. The van der Waals surface area contributed by atoms with Crippen molar-refractivity contribution in [2.75, 3.05) is 0 Å². The highest BCUT2D eigenvalue weighted by atomic mass is 16.3. The van der Waals surface area contributed by atoms with Gasteiger partial charge in [-0.25, -0.2) is 4.98 Å². The lowest BCUT2D eigenvalue weighted by Gasteiger charge is -1.94. The second kappa shape index (κ2) is 4.96. The lowest BCUT2D eigenvalue weighted by molar-refractivity contribution is 0.520. The predicted octanol–water partition coefficient (Wildman–Crippen LogP) is 3.11. The van der Waals surface area contributed by atoms with Gasteiger partial charge in [-0.2, -0.15) is 0 Å². The molecule has 0 fully saturated rings. The van der Waals surface area contributed by atoms with E-state index in [1.54, 1.807) is 6.26 Å². The fourth-order valence-corrected chi connectivity index (χ4v) is 1.26. The Morgan fingerprint density at radius 1 is 1.33 bits per heavy atom. The molecule has 0 spiro atoms. The number of oxazole rings is 1. The van der Waals surface area contributed by atoms with Gasteiger partial charge >= 0.3 is 0 Å². The van der Waals surface area contributed by atoms with Gasteiger partial charge in [0.1, 0.15) is 6.26 Å². The maximum Gasteiger partial charge on any atom is 0.191 e. The van der Waals surface area contributed by atoms with Crippen molar-refractivity contribution in [2.45, 2.75) is 46.0 Å². The molecular weight excluding hydrogens is 150 g/mol. The molecule has 2 heteroatoms. The van der Waals surface area contributed by atoms with E-state index in [1.807, 2.05) is 6.92 Å². The van der Waals surface area contributed by atoms with Crippen molar-refractivity contribution in [1.82, 2.24) is 4.98 Å². The van der Waals surface area contributed by atoms with Gasteiger partial charge in [-0.1, -0.05) is 26.2 Å². The van der Waals surface area contributed by atoms with E-state index in [1.165, 1.54) is 25.7 Å². The fourth-order valence-electron chi connectivity index (χ4n) is 1.26. The summed E-state index contributed by atoms with van der Waals surface area (Å²) in [6.07, 6.45) is 8.00. The first-order valence-electron chi connectivity index (χ1n) is 4.74. The van der Waals surface area contributed by atoms with E-state index in [4.69, 9.17) is 4.42 Å². The zero-order valence-corrected chi connectivity index (χ0v) is 7.97. The van der Waals surface area contributed by atoms with E-state index in [9.17, 15) is 0 Å². The van der Waals surface area contributed by atoms with Crippen molar-refractivity contribution in [3.05, 3.63) is 17.8 Å². The molecule has 0 atom stereocenters. The summed E-state index contributed by atoms with van der Waals surface area (Å²) in [4.78, 5) is 4.24. The van der Waals surface area contributed by atoms with Gasteiger partial charge in [0.15, 0.2) is 5.89 Å². The average Bonchev–Trinajstić information content (AvgIpc) is 2.45. The summed E-state index contributed by atoms with van der Waals surface area (Å²) >= 11 is 0. The van der Waals surface area contributed by atoms with E-state index < -0.39 is 0 Å². The van der Waals surface area contributed by atoms with Crippen LogP contribution in [-0.2, 0) is 6.42 Å². The first-order chi connectivity index (χ1) is 5.83. The summed E-state index contributed by atoms with van der Waals surface area (Å²) in [7, 11) is 0. The summed E-state index contributed by atoms with van der Waals surface area (Å²) in [6.45, 7) is 4.11. The molecule has 0 saturated heterocycles. The summed E-state index contributed by atoms with van der Waals surface area (Å²) < 4.78 is 5.11. The monoisotopic (exact) mass is 167 g/mol. The van der Waals surface area contributed by atoms with Gasteiger partial charge in [0.2, 0.25) is 0 Å². The molecule has 0 aliphatic carbocycles. The van der Waals surface area contributed by atoms with E-state index in [0.29, 0.717) is 0 Å². The number of unbranched alkanes of at least 4 members (excludes halogenated alkanes) is 3. The minimum absolute atomic E-state index is 0.778. The molecular formula is C10H17NO. The van der Waals surface area contributed by atoms with Crippen molar-refractivity contribution < 1.29 is 4.42 Å². The number of aryl methyl sites for hydroxylation is 2. The maximum atomic E-state index is 5.11. The molecule has 0 radical (unpaired) electrons. The molecule has 2 nitrogen and oxygen atoms in total. The Morgan fingerprint density at radius 3 is 2.75 bits per heavy atom. The van der Waals surface area contributed by atoms with E-state index in [0.717, 1.165) is 18.0 Å². The molecule has 1 heterocycles. The van der Waals surface area contributed by atoms with Crippen LogP contribution in [-0.4, -0.2) is 4.98 Å². The lowest BCUT2D eigenvalue weighted by Crippen LogP contribution is -1.85. The Morgan fingerprint density at radius 2 is 2.17 bits per heavy atom. The van der Waals surface area contributed by atoms with Crippen LogP contribution in [0, 0.1) is 6.92 Å². The SMILES string of the molecule is CCCCCCc1coc(C)n1. The van der Waals surface area contributed by atoms with Gasteiger partial charge in [-0.15, -0.1) is 0 Å². The fraction of sp³-hybridized carbons (Fsp3) is 0.700. The molecule has 0 saturated carbocycles. The molecule has 0 aliphatic rings. The average molecular weight is 167 g/mol. The molecule has 12 heavy (non-hydrogen) atoms. The highest BCUT2D eigenvalue weighted by Gasteiger charge is 1.98. The van der Waals surface area contributed by atoms with Crippen molar-refractivity contribution in [1.29, 1.82) is 0 Å². The zero-order chi connectivity index (χ0) is 8.81. The van der Waals surface area contributed by atoms with Crippen molar-refractivity contribution in [3.63, 3.8) is 0 Å². The molecule has 0 N–H and O–H groups in total. The van der Waals surface area contributed by atoms with Crippen LogP contribution in [0.1, 0.15) is 44.2 Å². The van der Waals surface area contributed by atoms with Gasteiger partial charge in [-0.3, -0.25) is 0 Å². The number of hydrogen-bond donors (Lipinski definition) is 0. The van der Waals surface area contributed by atoms with Crippen LogP contribution in [0.25, 0.3) is 0 Å². The summed E-state index contributed by atoms with van der Waals surface area (Å²) in [6, 6.07) is 0. The normalized spacial score (nSPS) is 10.5. The second-order valence-corrected chi connectivity index (χ2v) is 3.17. The Balaban J connectivity index is 2.15. The first-order valence-corrected chi connectivity index (χ1v) is 4.74. The van der Waals surface area contributed by atoms with Gasteiger partial charge in [0.05, 0.1) is 5.69 Å². The van der Waals surface area contributed by atoms with Crippen LogP contribution < -0.4 is 0 Å². The third-order valence-electron chi connectivity index (χ3n) is 1.95. The summed E-state index contributed by atoms with van der Waals surface area (Å²) in [5, 5.41) is 0. The molecule has 68 valence electrons. The number of nitrogens with zero attached hydrogens (tertiary/aromatic N) is 1. The molecule has 1 aromatic heterocycles. The number of aromatic nitrogens is 1. The van der Waals surface area contributed by atoms with E-state index >= 15 is 0 Å². The highest BCUT2D eigenvalue weighted by Crippen LogP contribution is 2.07. The Bertz CT molecular complexity index is 217. The van der Waals surface area contributed by atoms with Crippen LogP contribution in [0.2, 0.25) is 0 Å². The summed E-state index contributed by atoms with van der Waals surface area (Å²) in [5.74, 6) is 0.778. The van der Waals surface area contributed by atoms with Crippen LogP contribution in [0.15, 0.2) is 10.7 Å². The van der Waals surface area contributed by atoms with Crippen LogP contribution in [0.5, 0.6) is 0 Å². The van der Waals surface area contributed by atoms with Gasteiger partial charge in [0.25, 0.3) is 0 Å². The molecule has 1 rings (SSSR count). The Kier molecular flexibility index (Phi) is 3.85. The van der Waals surface area contributed by atoms with E-state index in [2.05, 4.69) is 11.9 Å². The molecule has 0 amide bonds. The van der Waals surface area contributed by atoms with Crippen LogP contribution in [0.4, 0.5) is 0 Å². The van der Waals surface area contributed by atoms with Crippen molar-refractivity contribution >= 4 is 0 Å². The van der Waals surface area contributed by atoms with E-state index in [-0.39, 0.29) is 0 Å². The molecule has 0 aromatic carbocycles. The second-order valence-electron chi connectivity index (χ2n) is 3.17. The zero-order valence-electron chi connectivity index (χ0n) is 7.97. The lowest BCUT2D eigenvalue weighted by atomic mass is 10.1. The smallest absolute Gasteiger partial charge is 0.191 e. The standard InChI is InChI=1S/C10H17NO/c1-3-4-5-6-7-10-8-12-9(2)11-10/h8H,3-7H2,1-2H3. The third-order valence-corrected chi connectivity index (χ3v) is 1.95. The maximum absolute atomic E-state index is 5.11. The molecule has 0 bridgehead atoms. The minimum atomic E-state index is 0.778. The Hall–Kier alpha value is -0.790. The topological polar surface area (TPSA) is 26.0 Å². The van der Waals surface area contributed by atoms with Crippen molar-refractivity contribution in [2.24, 2.45) is 0 Å². The molecule has 0 unspecified atom stereocenters. The quantitative estimate of drug-likeness (QED) is 0.630. The largest absolute Gasteiger partial charge is 0.449 e.